The summed E-state index contributed by atoms with van der Waals surface area (Å²) in [7, 11) is -4.78. The molecule has 0 saturated carbocycles. The number of phosphoric ester groups is 1. The number of anilines is 2. The number of hydrogen-bond acceptors (Lipinski definition) is 18. The van der Waals surface area contributed by atoms with Gasteiger partial charge in [-0.15, -0.1) is 0 Å². The standard InChI is InChI=1S/C10H13FN5O7P.C10H12FN5O4.Cl3OP/c11-10-14-7(12)4-8(15-10)16(2-13-4)9-6(18)5(17)3(23-9)1-22-24(19,20)21;11-10-14-7(12)4-8(15-10)16(2-13-4)9-6(19)5(18)3(1-17)20-9;1-5(2,3)4/h2-3,5-6,9,17-18H,1H2,(H2,12,14,15)(H2,19,20,21);2-3,5-6,9,17-19H,1H2,(H2,12,14,15);/t2*3-,5?,6-,9-;/m11./s1. The highest BCUT2D eigenvalue weighted by atomic mass is 36.0. The lowest BCUT2D eigenvalue weighted by Gasteiger charge is -2.16. The predicted molar refractivity (Wildman–Crippen MR) is 161 cm³/mol. The molecule has 0 amide bonds. The van der Waals surface area contributed by atoms with Gasteiger partial charge in [-0.1, -0.05) is 0 Å². The van der Waals surface area contributed by atoms with Gasteiger partial charge in [-0.3, -0.25) is 18.2 Å². The summed E-state index contributed by atoms with van der Waals surface area (Å²) in [6, 6.07) is 0. The molecule has 11 N–H and O–H groups in total. The van der Waals surface area contributed by atoms with Gasteiger partial charge in [0.1, 0.15) is 36.6 Å². The molecule has 2 fully saturated rings. The molecule has 0 bridgehead atoms. The normalized spacial score (nSPS) is 27.2. The van der Waals surface area contributed by atoms with Gasteiger partial charge in [0.25, 0.3) is 0 Å². The zero-order valence-corrected chi connectivity index (χ0v) is 27.9. The number of aromatic nitrogens is 8. The number of imidazole rings is 2. The van der Waals surface area contributed by atoms with Crippen LogP contribution in [0.4, 0.5) is 20.4 Å². The highest BCUT2D eigenvalue weighted by Gasteiger charge is 2.46. The number of aliphatic hydroxyl groups is 5. The van der Waals surface area contributed by atoms with E-state index in [0.29, 0.717) is 0 Å². The summed E-state index contributed by atoms with van der Waals surface area (Å²) in [5, 5.41) is 45.5. The first-order valence-corrected chi connectivity index (χ1v) is 19.0. The molecule has 0 aliphatic carbocycles. The van der Waals surface area contributed by atoms with Crippen LogP contribution >= 0.6 is 46.7 Å². The van der Waals surface area contributed by atoms with Crippen molar-refractivity contribution < 1.29 is 67.2 Å². The molecule has 4 aromatic rings. The highest BCUT2D eigenvalue weighted by Crippen LogP contribution is 2.61. The first-order valence-electron chi connectivity index (χ1n) is 13.0. The van der Waals surface area contributed by atoms with Gasteiger partial charge in [0.2, 0.25) is 0 Å². The first-order chi connectivity index (χ1) is 22.7. The van der Waals surface area contributed by atoms with E-state index in [1.54, 1.807) is 0 Å². The van der Waals surface area contributed by atoms with Crippen LogP contribution in [0.2, 0.25) is 0 Å². The summed E-state index contributed by atoms with van der Waals surface area (Å²) in [6.45, 7) is -1.13. The molecule has 0 radical (unpaired) electrons. The third-order valence-electron chi connectivity index (χ3n) is 6.65. The Morgan fingerprint density at radius 1 is 0.776 bits per heavy atom. The predicted octanol–water partition coefficient (Wildman–Crippen LogP) is -0.754. The maximum absolute atomic E-state index is 13.3. The van der Waals surface area contributed by atoms with E-state index in [1.165, 1.54) is 10.9 Å². The summed E-state index contributed by atoms with van der Waals surface area (Å²) in [4.78, 5) is 38.9. The Hall–Kier alpha value is -2.51. The van der Waals surface area contributed by atoms with E-state index in [1.807, 2.05) is 0 Å². The average Bonchev–Trinajstić information content (AvgIpc) is 3.73. The van der Waals surface area contributed by atoms with Crippen molar-refractivity contribution in [3.8, 4) is 0 Å². The topological polar surface area (TPSA) is 343 Å². The fraction of sp³-hybridized carbons (Fsp3) is 0.500. The molecule has 0 aromatic carbocycles. The van der Waals surface area contributed by atoms with Crippen molar-refractivity contribution in [3.05, 3.63) is 24.8 Å². The van der Waals surface area contributed by atoms with Gasteiger partial charge >= 0.3 is 25.2 Å². The number of nitrogens with zero attached hydrogens (tertiary/aromatic N) is 8. The van der Waals surface area contributed by atoms with Crippen molar-refractivity contribution in [2.24, 2.45) is 0 Å². The Morgan fingerprint density at radius 3 is 1.53 bits per heavy atom. The van der Waals surface area contributed by atoms with E-state index >= 15 is 0 Å². The lowest BCUT2D eigenvalue weighted by molar-refractivity contribution is -0.0511. The molecular formula is C20H25Cl3F2N10O12P2. The van der Waals surface area contributed by atoms with Crippen LogP contribution in [0.3, 0.4) is 0 Å². The number of halogens is 5. The van der Waals surface area contributed by atoms with Crippen molar-refractivity contribution in [1.29, 1.82) is 0 Å². The number of phosphoric acid groups is 1. The van der Waals surface area contributed by atoms with Gasteiger partial charge in [0, 0.05) is 0 Å². The van der Waals surface area contributed by atoms with E-state index in [2.05, 4.69) is 68.2 Å². The molecule has 2 aliphatic heterocycles. The van der Waals surface area contributed by atoms with Crippen molar-refractivity contribution in [2.75, 3.05) is 24.7 Å². The van der Waals surface area contributed by atoms with Gasteiger partial charge in [-0.05, 0) is 33.7 Å². The molecule has 6 rings (SSSR count). The van der Waals surface area contributed by atoms with Gasteiger partial charge in [-0.25, -0.2) is 14.5 Å². The monoisotopic (exact) mass is 802 g/mol. The van der Waals surface area contributed by atoms with Crippen LogP contribution in [-0.2, 0) is 23.1 Å². The molecule has 49 heavy (non-hydrogen) atoms. The molecular weight excluding hydrogens is 779 g/mol. The first kappa shape index (κ1) is 39.3. The van der Waals surface area contributed by atoms with E-state index < -0.39 is 87.5 Å². The number of hydrogen-bond donors (Lipinski definition) is 9. The van der Waals surface area contributed by atoms with Gasteiger partial charge in [-0.2, -0.15) is 28.7 Å². The van der Waals surface area contributed by atoms with Crippen molar-refractivity contribution in [1.82, 2.24) is 39.0 Å². The fourth-order valence-corrected chi connectivity index (χ4v) is 4.91. The lowest BCUT2D eigenvalue weighted by Crippen LogP contribution is -2.33. The van der Waals surface area contributed by atoms with Gasteiger partial charge in [0.05, 0.1) is 25.9 Å². The zero-order valence-electron chi connectivity index (χ0n) is 23.9. The van der Waals surface area contributed by atoms with E-state index in [-0.39, 0.29) is 34.0 Å². The van der Waals surface area contributed by atoms with Gasteiger partial charge < -0.3 is 56.3 Å². The second kappa shape index (κ2) is 15.4. The van der Waals surface area contributed by atoms with Crippen molar-refractivity contribution in [3.63, 3.8) is 0 Å². The van der Waals surface area contributed by atoms with Crippen LogP contribution in [0.25, 0.3) is 22.3 Å². The van der Waals surface area contributed by atoms with E-state index in [9.17, 15) is 38.3 Å². The minimum atomic E-state index is -4.78. The molecule has 272 valence electrons. The van der Waals surface area contributed by atoms with Crippen molar-refractivity contribution >= 4 is 80.7 Å². The Labute approximate surface area is 285 Å². The van der Waals surface area contributed by atoms with Crippen LogP contribution in [0, 0.1) is 12.2 Å². The number of aliphatic hydroxyl groups excluding tert-OH is 5. The zero-order chi connectivity index (χ0) is 36.6. The Bertz CT molecular complexity index is 1880. The molecule has 2 unspecified atom stereocenters. The molecule has 29 heteroatoms. The number of fused-ring (bicyclic) bond motifs is 2. The largest absolute Gasteiger partial charge is 0.469 e. The molecule has 6 heterocycles. The molecule has 22 nitrogen and oxygen atoms in total. The Balaban J connectivity index is 0.000000197. The van der Waals surface area contributed by atoms with Crippen LogP contribution in [-0.4, -0.2) is 124 Å². The number of rotatable bonds is 6. The third kappa shape index (κ3) is 9.44. The lowest BCUT2D eigenvalue weighted by atomic mass is 10.1. The van der Waals surface area contributed by atoms with E-state index in [0.717, 1.165) is 10.9 Å². The quantitative estimate of drug-likeness (QED) is 0.0855. The highest BCUT2D eigenvalue weighted by molar-refractivity contribution is 8.24. The second-order valence-electron chi connectivity index (χ2n) is 9.86. The molecule has 2 aliphatic rings. The van der Waals surface area contributed by atoms with Crippen molar-refractivity contribution in [2.45, 2.75) is 49.1 Å². The van der Waals surface area contributed by atoms with E-state index in [4.69, 9.17) is 35.8 Å². The summed E-state index contributed by atoms with van der Waals surface area (Å²) in [5.41, 5.74) is 11.2. The minimum Gasteiger partial charge on any atom is -0.394 e. The second-order valence-corrected chi connectivity index (χ2v) is 17.7. The molecule has 2 saturated heterocycles. The van der Waals surface area contributed by atoms with Crippen LogP contribution in [0.15, 0.2) is 12.7 Å². The van der Waals surface area contributed by atoms with Crippen LogP contribution in [0.1, 0.15) is 12.5 Å². The number of nitrogens with two attached hydrogens (primary N) is 2. The number of nitrogen functional groups attached to an aromatic ring is 2. The third-order valence-corrected chi connectivity index (χ3v) is 7.14. The Morgan fingerprint density at radius 2 is 1.16 bits per heavy atom. The molecule has 8 atom stereocenters. The Kier molecular flexibility index (Phi) is 12.3. The fourth-order valence-electron chi connectivity index (χ4n) is 4.57. The maximum atomic E-state index is 13.3. The summed E-state index contributed by atoms with van der Waals surface area (Å²) in [5.74, 6) is -0.358. The molecule has 4 aromatic heterocycles. The van der Waals surface area contributed by atoms with Crippen LogP contribution < -0.4 is 11.5 Å². The van der Waals surface area contributed by atoms with Crippen LogP contribution in [0.5, 0.6) is 0 Å². The summed E-state index contributed by atoms with van der Waals surface area (Å²) < 4.78 is 64.1. The smallest absolute Gasteiger partial charge is 0.394 e. The summed E-state index contributed by atoms with van der Waals surface area (Å²) >= 11 is 13.8. The summed E-state index contributed by atoms with van der Waals surface area (Å²) in [6.07, 6.45) is -9.84. The molecule has 0 spiro atoms. The minimum absolute atomic E-state index is 0.0323. The maximum Gasteiger partial charge on any atom is 0.469 e. The number of ether oxygens (including phenoxy) is 2. The SMILES string of the molecule is Nc1nc(F)nc2c1ncn2[C@@H]1O[C@H](CO)C(O)[C@H]1O.Nc1nc(F)nc2c1ncn2[C@@H]1O[C@H](COP(=O)(O)O)C(O)[C@H]1O.O=P(Cl)(Cl)Cl. The average molecular weight is 804 g/mol. The van der Waals surface area contributed by atoms with Gasteiger partial charge in [0.15, 0.2) is 46.4 Å².